The molecule has 0 aromatic rings. The molecule has 1 saturated carbocycles. The second kappa shape index (κ2) is 14.6. The molecule has 0 amide bonds. The Morgan fingerprint density at radius 1 is 1.03 bits per heavy atom. The molecule has 5 heteroatoms. The van der Waals surface area contributed by atoms with Gasteiger partial charge in [0.1, 0.15) is 5.78 Å². The SMILES string of the molecule is CCOC(=O)CCCCCCC1C(=O)CCC1SCC(C)(O)CCCCCC(C)(C)C. The van der Waals surface area contributed by atoms with Crippen molar-refractivity contribution < 1.29 is 19.4 Å². The highest BCUT2D eigenvalue weighted by Crippen LogP contribution is 2.38. The summed E-state index contributed by atoms with van der Waals surface area (Å²) in [4.78, 5) is 23.7. The minimum atomic E-state index is -0.643. The van der Waals surface area contributed by atoms with Crippen LogP contribution < -0.4 is 0 Å². The van der Waals surface area contributed by atoms with Crippen molar-refractivity contribution in [3.05, 3.63) is 0 Å². The van der Waals surface area contributed by atoms with E-state index in [-0.39, 0.29) is 11.9 Å². The van der Waals surface area contributed by atoms with Gasteiger partial charge in [-0.1, -0.05) is 59.3 Å². The van der Waals surface area contributed by atoms with Crippen LogP contribution in [0.15, 0.2) is 0 Å². The topological polar surface area (TPSA) is 63.6 Å². The molecule has 0 radical (unpaired) electrons. The number of rotatable bonds is 16. The summed E-state index contributed by atoms with van der Waals surface area (Å²) in [5.41, 5.74) is -0.251. The average Bonchev–Trinajstić information content (AvgIpc) is 3.01. The lowest BCUT2D eigenvalue weighted by Gasteiger charge is -2.26. The van der Waals surface area contributed by atoms with Gasteiger partial charge in [-0.15, -0.1) is 0 Å². The summed E-state index contributed by atoms with van der Waals surface area (Å²) in [6, 6.07) is 0. The first-order valence-corrected chi connectivity index (χ1v) is 13.6. The highest BCUT2D eigenvalue weighted by atomic mass is 32.2. The van der Waals surface area contributed by atoms with E-state index in [9.17, 15) is 14.7 Å². The Kier molecular flexibility index (Phi) is 13.4. The predicted molar refractivity (Wildman–Crippen MR) is 131 cm³/mol. The third-order valence-electron chi connectivity index (χ3n) is 6.24. The van der Waals surface area contributed by atoms with Gasteiger partial charge in [0.05, 0.1) is 12.2 Å². The van der Waals surface area contributed by atoms with Gasteiger partial charge in [-0.05, 0) is 51.4 Å². The highest BCUT2D eigenvalue weighted by molar-refractivity contribution is 8.00. The Morgan fingerprint density at radius 2 is 1.68 bits per heavy atom. The molecule has 1 N–H and O–H groups in total. The first kappa shape index (κ1) is 28.5. The number of Topliss-reactive ketones (excluding diaryl/α,β-unsaturated/α-hetero) is 1. The molecule has 1 fully saturated rings. The first-order valence-electron chi connectivity index (χ1n) is 12.6. The predicted octanol–water partition coefficient (Wildman–Crippen LogP) is 6.72. The van der Waals surface area contributed by atoms with Crippen LogP contribution in [-0.2, 0) is 14.3 Å². The average molecular weight is 457 g/mol. The van der Waals surface area contributed by atoms with Crippen LogP contribution in [0.4, 0.5) is 0 Å². The maximum atomic E-state index is 12.4. The summed E-state index contributed by atoms with van der Waals surface area (Å²) in [5.74, 6) is 1.18. The normalized spacial score (nSPS) is 21.3. The molecule has 0 aromatic heterocycles. The summed E-state index contributed by atoms with van der Waals surface area (Å²) in [6.45, 7) is 11.1. The summed E-state index contributed by atoms with van der Waals surface area (Å²) >= 11 is 1.82. The summed E-state index contributed by atoms with van der Waals surface area (Å²) in [7, 11) is 0. The summed E-state index contributed by atoms with van der Waals surface area (Å²) in [5, 5.41) is 11.2. The number of unbranched alkanes of at least 4 members (excludes halogenated alkanes) is 5. The van der Waals surface area contributed by atoms with E-state index in [0.717, 1.165) is 57.1 Å². The Balaban J connectivity index is 2.23. The minimum Gasteiger partial charge on any atom is -0.466 e. The fourth-order valence-electron chi connectivity index (χ4n) is 4.34. The molecular weight excluding hydrogens is 408 g/mol. The van der Waals surface area contributed by atoms with Gasteiger partial charge in [-0.25, -0.2) is 0 Å². The number of carbonyl (C=O) groups excluding carboxylic acids is 2. The first-order chi connectivity index (χ1) is 14.5. The van der Waals surface area contributed by atoms with E-state index in [1.54, 1.807) is 0 Å². The van der Waals surface area contributed by atoms with Crippen LogP contribution in [0.2, 0.25) is 0 Å². The zero-order valence-electron chi connectivity index (χ0n) is 20.8. The summed E-state index contributed by atoms with van der Waals surface area (Å²) in [6.07, 6.45) is 12.6. The minimum absolute atomic E-state index is 0.105. The lowest BCUT2D eigenvalue weighted by molar-refractivity contribution is -0.143. The molecule has 3 unspecified atom stereocenters. The van der Waals surface area contributed by atoms with Crippen LogP contribution in [0.25, 0.3) is 0 Å². The van der Waals surface area contributed by atoms with Crippen LogP contribution in [0.1, 0.15) is 118 Å². The molecule has 0 spiro atoms. The molecule has 0 aliphatic heterocycles. The number of aliphatic hydroxyl groups is 1. The number of ketones is 1. The van der Waals surface area contributed by atoms with Gasteiger partial charge in [-0.2, -0.15) is 11.8 Å². The zero-order chi connectivity index (χ0) is 23.3. The smallest absolute Gasteiger partial charge is 0.305 e. The number of hydrogen-bond acceptors (Lipinski definition) is 5. The molecular formula is C26H48O4S. The van der Waals surface area contributed by atoms with Crippen molar-refractivity contribution in [2.45, 2.75) is 129 Å². The second-order valence-corrected chi connectivity index (χ2v) is 12.1. The van der Waals surface area contributed by atoms with Gasteiger partial charge in [0.15, 0.2) is 0 Å². The molecule has 0 heterocycles. The Bertz CT molecular complexity index is 524. The van der Waals surface area contributed by atoms with Gasteiger partial charge < -0.3 is 9.84 Å². The molecule has 31 heavy (non-hydrogen) atoms. The Morgan fingerprint density at radius 3 is 2.35 bits per heavy atom. The summed E-state index contributed by atoms with van der Waals surface area (Å²) < 4.78 is 4.96. The fourth-order valence-corrected chi connectivity index (χ4v) is 5.86. The highest BCUT2D eigenvalue weighted by Gasteiger charge is 2.35. The van der Waals surface area contributed by atoms with E-state index >= 15 is 0 Å². The quantitative estimate of drug-likeness (QED) is 0.206. The number of ether oxygens (including phenoxy) is 1. The van der Waals surface area contributed by atoms with E-state index in [2.05, 4.69) is 20.8 Å². The molecule has 0 bridgehead atoms. The fraction of sp³-hybridized carbons (Fsp3) is 0.923. The molecule has 4 nitrogen and oxygen atoms in total. The number of thioether (sulfide) groups is 1. The monoisotopic (exact) mass is 456 g/mol. The third kappa shape index (κ3) is 13.6. The van der Waals surface area contributed by atoms with Crippen molar-refractivity contribution in [2.75, 3.05) is 12.4 Å². The molecule has 0 aromatic carbocycles. The van der Waals surface area contributed by atoms with Crippen molar-refractivity contribution in [1.82, 2.24) is 0 Å². The van der Waals surface area contributed by atoms with Crippen molar-refractivity contribution >= 4 is 23.5 Å². The molecule has 1 rings (SSSR count). The van der Waals surface area contributed by atoms with E-state index in [1.807, 2.05) is 25.6 Å². The molecule has 1 aliphatic carbocycles. The standard InChI is InChI=1S/C26H48O4S/c1-6-30-24(28)15-11-8-7-10-14-21-22(27)16-17-23(21)31-20-26(5,29)19-13-9-12-18-25(2,3)4/h21,23,29H,6-20H2,1-5H3. The number of esters is 1. The number of carbonyl (C=O) groups is 2. The van der Waals surface area contributed by atoms with Gasteiger partial charge in [0.25, 0.3) is 0 Å². The van der Waals surface area contributed by atoms with E-state index in [0.29, 0.717) is 35.9 Å². The van der Waals surface area contributed by atoms with Gasteiger partial charge in [-0.3, -0.25) is 9.59 Å². The van der Waals surface area contributed by atoms with Crippen LogP contribution in [0.5, 0.6) is 0 Å². The van der Waals surface area contributed by atoms with Crippen molar-refractivity contribution in [1.29, 1.82) is 0 Å². The molecule has 0 saturated heterocycles. The largest absolute Gasteiger partial charge is 0.466 e. The van der Waals surface area contributed by atoms with E-state index < -0.39 is 5.60 Å². The molecule has 182 valence electrons. The Labute approximate surface area is 195 Å². The van der Waals surface area contributed by atoms with Gasteiger partial charge >= 0.3 is 5.97 Å². The molecule has 3 atom stereocenters. The van der Waals surface area contributed by atoms with Crippen LogP contribution in [-0.4, -0.2) is 40.1 Å². The maximum Gasteiger partial charge on any atom is 0.305 e. The number of hydrogen-bond donors (Lipinski definition) is 1. The van der Waals surface area contributed by atoms with Crippen molar-refractivity contribution in [3.63, 3.8) is 0 Å². The van der Waals surface area contributed by atoms with Crippen LogP contribution >= 0.6 is 11.8 Å². The third-order valence-corrected chi connectivity index (χ3v) is 8.02. The lowest BCUT2D eigenvalue weighted by atomic mass is 9.89. The zero-order valence-corrected chi connectivity index (χ0v) is 21.7. The Hall–Kier alpha value is -0.550. The maximum absolute atomic E-state index is 12.4. The van der Waals surface area contributed by atoms with Gasteiger partial charge in [0, 0.05) is 29.8 Å². The van der Waals surface area contributed by atoms with E-state index in [1.165, 1.54) is 19.3 Å². The van der Waals surface area contributed by atoms with E-state index in [4.69, 9.17) is 4.74 Å². The van der Waals surface area contributed by atoms with Crippen LogP contribution in [0, 0.1) is 11.3 Å². The van der Waals surface area contributed by atoms with Crippen LogP contribution in [0.3, 0.4) is 0 Å². The lowest BCUT2D eigenvalue weighted by Crippen LogP contribution is -2.29. The van der Waals surface area contributed by atoms with Gasteiger partial charge in [0.2, 0.25) is 0 Å². The molecule has 1 aliphatic rings. The van der Waals surface area contributed by atoms with Crippen molar-refractivity contribution in [2.24, 2.45) is 11.3 Å². The van der Waals surface area contributed by atoms with Crippen molar-refractivity contribution in [3.8, 4) is 0 Å². The second-order valence-electron chi connectivity index (χ2n) is 10.8.